The van der Waals surface area contributed by atoms with Gasteiger partial charge in [0.2, 0.25) is 5.91 Å². The first kappa shape index (κ1) is 17.8. The molecule has 0 saturated heterocycles. The topological polar surface area (TPSA) is 33.2 Å². The average Bonchev–Trinajstić information content (AvgIpc) is 3.25. The summed E-state index contributed by atoms with van der Waals surface area (Å²) in [5.74, 6) is 0.126. The lowest BCUT2D eigenvalue weighted by atomic mass is 10.1. The standard InChI is InChI=1S/C20H22N2OS2/c1-4-15-7-9-16(10-8-15)13-22(3)19(23)12-18-20(21-14(2)25-18)17-6-5-11-24-17/h5-11H,4,12-13H2,1-3H3. The molecule has 0 radical (unpaired) electrons. The first-order valence-corrected chi connectivity index (χ1v) is 10.1. The number of thiazole rings is 1. The molecule has 0 spiro atoms. The van der Waals surface area contributed by atoms with E-state index >= 15 is 0 Å². The molecule has 0 aliphatic rings. The van der Waals surface area contributed by atoms with Crippen molar-refractivity contribution in [3.63, 3.8) is 0 Å². The van der Waals surface area contributed by atoms with Crippen LogP contribution in [-0.2, 0) is 24.2 Å². The number of likely N-dealkylation sites (N-methyl/N-ethyl adjacent to an activating group) is 1. The number of amides is 1. The van der Waals surface area contributed by atoms with Gasteiger partial charge in [-0.2, -0.15) is 0 Å². The van der Waals surface area contributed by atoms with Gasteiger partial charge in [0.05, 0.1) is 22.0 Å². The highest BCUT2D eigenvalue weighted by Crippen LogP contribution is 2.31. The van der Waals surface area contributed by atoms with Crippen molar-refractivity contribution in [1.82, 2.24) is 9.88 Å². The number of nitrogens with zero attached hydrogens (tertiary/aromatic N) is 2. The molecule has 2 aromatic heterocycles. The van der Waals surface area contributed by atoms with Crippen molar-refractivity contribution in [1.29, 1.82) is 0 Å². The highest BCUT2D eigenvalue weighted by Gasteiger charge is 2.18. The minimum Gasteiger partial charge on any atom is -0.341 e. The first-order valence-electron chi connectivity index (χ1n) is 8.38. The lowest BCUT2D eigenvalue weighted by Gasteiger charge is -2.17. The van der Waals surface area contributed by atoms with Gasteiger partial charge in [-0.1, -0.05) is 37.3 Å². The molecule has 25 heavy (non-hydrogen) atoms. The van der Waals surface area contributed by atoms with Crippen molar-refractivity contribution in [3.05, 3.63) is 62.8 Å². The van der Waals surface area contributed by atoms with Crippen LogP contribution in [-0.4, -0.2) is 22.8 Å². The van der Waals surface area contributed by atoms with E-state index in [1.165, 1.54) is 5.56 Å². The molecule has 0 fully saturated rings. The van der Waals surface area contributed by atoms with Crippen molar-refractivity contribution < 1.29 is 4.79 Å². The third-order valence-electron chi connectivity index (χ3n) is 4.15. The van der Waals surface area contributed by atoms with E-state index in [2.05, 4.69) is 42.2 Å². The molecule has 0 unspecified atom stereocenters. The maximum absolute atomic E-state index is 12.7. The van der Waals surface area contributed by atoms with Crippen LogP contribution in [0.1, 0.15) is 27.9 Å². The molecule has 0 atom stereocenters. The van der Waals surface area contributed by atoms with E-state index in [0.29, 0.717) is 13.0 Å². The number of thiophene rings is 1. The fourth-order valence-electron chi connectivity index (χ4n) is 2.71. The number of benzene rings is 1. The fraction of sp³-hybridized carbons (Fsp3) is 0.300. The van der Waals surface area contributed by atoms with E-state index in [-0.39, 0.29) is 5.91 Å². The third kappa shape index (κ3) is 4.35. The summed E-state index contributed by atoms with van der Waals surface area (Å²) in [6.45, 7) is 4.77. The van der Waals surface area contributed by atoms with Crippen LogP contribution in [0.4, 0.5) is 0 Å². The van der Waals surface area contributed by atoms with Crippen LogP contribution in [0.2, 0.25) is 0 Å². The summed E-state index contributed by atoms with van der Waals surface area (Å²) >= 11 is 3.28. The third-order valence-corrected chi connectivity index (χ3v) is 5.99. The predicted molar refractivity (Wildman–Crippen MR) is 106 cm³/mol. The number of hydrogen-bond donors (Lipinski definition) is 0. The Morgan fingerprint density at radius 2 is 1.88 bits per heavy atom. The average molecular weight is 371 g/mol. The largest absolute Gasteiger partial charge is 0.341 e. The molecule has 0 aliphatic carbocycles. The Morgan fingerprint density at radius 3 is 2.52 bits per heavy atom. The second kappa shape index (κ2) is 7.93. The molecule has 0 N–H and O–H groups in total. The Labute approximate surface area is 157 Å². The van der Waals surface area contributed by atoms with Gasteiger partial charge in [0.1, 0.15) is 0 Å². The van der Waals surface area contributed by atoms with Gasteiger partial charge in [-0.05, 0) is 35.9 Å². The van der Waals surface area contributed by atoms with Crippen LogP contribution in [0.5, 0.6) is 0 Å². The van der Waals surface area contributed by atoms with Gasteiger partial charge in [0.15, 0.2) is 0 Å². The van der Waals surface area contributed by atoms with Crippen LogP contribution in [0.15, 0.2) is 41.8 Å². The van der Waals surface area contributed by atoms with Gasteiger partial charge in [-0.15, -0.1) is 22.7 Å². The molecule has 5 heteroatoms. The molecule has 0 aliphatic heterocycles. The maximum atomic E-state index is 12.7. The fourth-order valence-corrected chi connectivity index (χ4v) is 4.46. The molecule has 3 nitrogen and oxygen atoms in total. The Hall–Kier alpha value is -1.98. The first-order chi connectivity index (χ1) is 12.1. The zero-order valence-electron chi connectivity index (χ0n) is 14.8. The SMILES string of the molecule is CCc1ccc(CN(C)C(=O)Cc2sc(C)nc2-c2cccs2)cc1. The highest BCUT2D eigenvalue weighted by atomic mass is 32.1. The van der Waals surface area contributed by atoms with Crippen LogP contribution in [0.3, 0.4) is 0 Å². The van der Waals surface area contributed by atoms with E-state index in [9.17, 15) is 4.79 Å². The van der Waals surface area contributed by atoms with Gasteiger partial charge in [-0.25, -0.2) is 4.98 Å². The van der Waals surface area contributed by atoms with Crippen molar-refractivity contribution in [2.45, 2.75) is 33.2 Å². The van der Waals surface area contributed by atoms with Crippen molar-refractivity contribution in [3.8, 4) is 10.6 Å². The Morgan fingerprint density at radius 1 is 1.16 bits per heavy atom. The molecule has 1 amide bonds. The van der Waals surface area contributed by atoms with Gasteiger partial charge >= 0.3 is 0 Å². The summed E-state index contributed by atoms with van der Waals surface area (Å²) in [5, 5.41) is 3.05. The molecule has 130 valence electrons. The number of carbonyl (C=O) groups is 1. The maximum Gasteiger partial charge on any atom is 0.227 e. The predicted octanol–water partition coefficient (Wildman–Crippen LogP) is 4.94. The molecule has 3 rings (SSSR count). The highest BCUT2D eigenvalue weighted by molar-refractivity contribution is 7.15. The zero-order chi connectivity index (χ0) is 17.8. The normalized spacial score (nSPS) is 10.8. The van der Waals surface area contributed by atoms with Gasteiger partial charge in [0, 0.05) is 18.5 Å². The minimum absolute atomic E-state index is 0.126. The van der Waals surface area contributed by atoms with Gasteiger partial charge < -0.3 is 4.90 Å². The van der Waals surface area contributed by atoms with Crippen LogP contribution < -0.4 is 0 Å². The Kier molecular flexibility index (Phi) is 5.66. The number of aryl methyl sites for hydroxylation is 2. The van der Waals surface area contributed by atoms with Crippen molar-refractivity contribution in [2.75, 3.05) is 7.05 Å². The Balaban J connectivity index is 1.69. The summed E-state index contributed by atoms with van der Waals surface area (Å²) in [6, 6.07) is 12.6. The van der Waals surface area contributed by atoms with Crippen molar-refractivity contribution in [2.24, 2.45) is 0 Å². The summed E-state index contributed by atoms with van der Waals surface area (Å²) < 4.78 is 0. The Bertz CT molecular complexity index is 835. The molecular weight excluding hydrogens is 348 g/mol. The second-order valence-corrected chi connectivity index (χ2v) is 8.31. The lowest BCUT2D eigenvalue weighted by Crippen LogP contribution is -2.27. The summed E-state index contributed by atoms with van der Waals surface area (Å²) in [5.41, 5.74) is 3.44. The van der Waals surface area contributed by atoms with E-state index in [0.717, 1.165) is 32.4 Å². The molecule has 0 bridgehead atoms. The van der Waals surface area contributed by atoms with Crippen LogP contribution >= 0.6 is 22.7 Å². The van der Waals surface area contributed by atoms with Crippen molar-refractivity contribution >= 4 is 28.6 Å². The zero-order valence-corrected chi connectivity index (χ0v) is 16.4. The molecule has 0 saturated carbocycles. The summed E-state index contributed by atoms with van der Waals surface area (Å²) in [7, 11) is 1.87. The quantitative estimate of drug-likeness (QED) is 0.615. The van der Waals surface area contributed by atoms with E-state index in [4.69, 9.17) is 0 Å². The van der Waals surface area contributed by atoms with E-state index in [1.54, 1.807) is 27.6 Å². The lowest BCUT2D eigenvalue weighted by molar-refractivity contribution is -0.129. The molecule has 3 aromatic rings. The second-order valence-electron chi connectivity index (χ2n) is 6.08. The molecular formula is C20H22N2OS2. The molecule has 1 aromatic carbocycles. The van der Waals surface area contributed by atoms with E-state index < -0.39 is 0 Å². The van der Waals surface area contributed by atoms with Crippen LogP contribution in [0.25, 0.3) is 10.6 Å². The molecule has 2 heterocycles. The smallest absolute Gasteiger partial charge is 0.227 e. The number of hydrogen-bond acceptors (Lipinski definition) is 4. The number of aromatic nitrogens is 1. The summed E-state index contributed by atoms with van der Waals surface area (Å²) in [6.07, 6.45) is 1.44. The van der Waals surface area contributed by atoms with Gasteiger partial charge in [0.25, 0.3) is 0 Å². The van der Waals surface area contributed by atoms with Gasteiger partial charge in [-0.3, -0.25) is 4.79 Å². The number of rotatable bonds is 6. The monoisotopic (exact) mass is 370 g/mol. The summed E-state index contributed by atoms with van der Waals surface area (Å²) in [4.78, 5) is 21.3. The van der Waals surface area contributed by atoms with E-state index in [1.807, 2.05) is 25.4 Å². The minimum atomic E-state index is 0.126. The van der Waals surface area contributed by atoms with Crippen LogP contribution in [0, 0.1) is 6.92 Å². The number of carbonyl (C=O) groups excluding carboxylic acids is 1.